The van der Waals surface area contributed by atoms with E-state index in [9.17, 15) is 18.5 Å². The zero-order valence-electron chi connectivity index (χ0n) is 14.3. The SMILES string of the molecule is CON(C)c1ccc(S(=O)(=O)N2C[C@H](C)C[C@H](C)C2)cc1[N+](=O)[O-]. The normalized spacial score (nSPS) is 22.3. The lowest BCUT2D eigenvalue weighted by Crippen LogP contribution is -2.42. The van der Waals surface area contributed by atoms with E-state index in [-0.39, 0.29) is 28.1 Å². The van der Waals surface area contributed by atoms with Gasteiger partial charge in [-0.2, -0.15) is 4.31 Å². The number of nitro groups is 1. The molecule has 0 radical (unpaired) electrons. The van der Waals surface area contributed by atoms with E-state index < -0.39 is 14.9 Å². The number of nitro benzene ring substituents is 1. The predicted molar refractivity (Wildman–Crippen MR) is 90.2 cm³/mol. The van der Waals surface area contributed by atoms with E-state index in [0.29, 0.717) is 13.1 Å². The Kier molecular flexibility index (Phi) is 5.46. The molecule has 1 fully saturated rings. The standard InChI is InChI=1S/C15H23N3O5S/c1-11-7-12(2)10-17(9-11)24(21,22)13-5-6-14(16(3)23-4)15(8-13)18(19)20/h5-6,8,11-12H,7,9-10H2,1-4H3/t11-,12+. The first-order chi connectivity index (χ1) is 11.2. The van der Waals surface area contributed by atoms with Crippen molar-refractivity contribution in [1.82, 2.24) is 4.31 Å². The van der Waals surface area contributed by atoms with Gasteiger partial charge in [0.25, 0.3) is 5.69 Å². The Morgan fingerprint density at radius 2 is 1.88 bits per heavy atom. The summed E-state index contributed by atoms with van der Waals surface area (Å²) in [7, 11) is -0.865. The summed E-state index contributed by atoms with van der Waals surface area (Å²) in [6, 6.07) is 3.88. The number of rotatable bonds is 5. The summed E-state index contributed by atoms with van der Waals surface area (Å²) < 4.78 is 27.1. The van der Waals surface area contributed by atoms with Crippen LogP contribution >= 0.6 is 0 Å². The molecule has 0 saturated carbocycles. The number of sulfonamides is 1. The fraction of sp³-hybridized carbons (Fsp3) is 0.600. The molecule has 0 aliphatic carbocycles. The summed E-state index contributed by atoms with van der Waals surface area (Å²) in [5, 5.41) is 12.5. The van der Waals surface area contributed by atoms with Gasteiger partial charge in [0.2, 0.25) is 10.0 Å². The molecule has 1 saturated heterocycles. The van der Waals surface area contributed by atoms with Crippen LogP contribution < -0.4 is 5.06 Å². The molecular weight excluding hydrogens is 334 g/mol. The van der Waals surface area contributed by atoms with Crippen LogP contribution in [0.1, 0.15) is 20.3 Å². The third-order valence-corrected chi connectivity index (χ3v) is 6.06. The topological polar surface area (TPSA) is 93.0 Å². The van der Waals surface area contributed by atoms with Crippen LogP contribution in [-0.4, -0.2) is 44.9 Å². The summed E-state index contributed by atoms with van der Waals surface area (Å²) in [6.07, 6.45) is 0.976. The molecule has 8 nitrogen and oxygen atoms in total. The van der Waals surface area contributed by atoms with Gasteiger partial charge >= 0.3 is 0 Å². The molecule has 9 heteroatoms. The van der Waals surface area contributed by atoms with Crippen molar-refractivity contribution in [2.45, 2.75) is 25.2 Å². The number of hydroxylamine groups is 1. The minimum atomic E-state index is -3.76. The van der Waals surface area contributed by atoms with Gasteiger partial charge in [0.1, 0.15) is 5.69 Å². The van der Waals surface area contributed by atoms with Gasteiger partial charge < -0.3 is 0 Å². The molecule has 0 aromatic heterocycles. The maximum Gasteiger partial charge on any atom is 0.296 e. The quantitative estimate of drug-likeness (QED) is 0.593. The third kappa shape index (κ3) is 3.68. The molecule has 2 atom stereocenters. The molecule has 1 aromatic rings. The second kappa shape index (κ2) is 7.04. The Morgan fingerprint density at radius 1 is 1.29 bits per heavy atom. The number of piperidine rings is 1. The van der Waals surface area contributed by atoms with E-state index in [0.717, 1.165) is 12.5 Å². The smallest absolute Gasteiger partial charge is 0.277 e. The molecule has 1 heterocycles. The van der Waals surface area contributed by atoms with Crippen LogP contribution in [0.25, 0.3) is 0 Å². The van der Waals surface area contributed by atoms with Crippen LogP contribution in [0.4, 0.5) is 11.4 Å². The molecule has 0 amide bonds. The van der Waals surface area contributed by atoms with E-state index in [1.165, 1.54) is 35.7 Å². The number of anilines is 1. The minimum absolute atomic E-state index is 0.0660. The van der Waals surface area contributed by atoms with E-state index >= 15 is 0 Å². The molecule has 1 aromatic carbocycles. The van der Waals surface area contributed by atoms with Crippen LogP contribution in [-0.2, 0) is 14.9 Å². The Hall–Kier alpha value is -1.71. The first kappa shape index (κ1) is 18.6. The monoisotopic (exact) mass is 357 g/mol. The molecule has 0 N–H and O–H groups in total. The second-order valence-electron chi connectivity index (χ2n) is 6.36. The van der Waals surface area contributed by atoms with Gasteiger partial charge in [-0.1, -0.05) is 13.8 Å². The van der Waals surface area contributed by atoms with Crippen molar-refractivity contribution in [3.8, 4) is 0 Å². The third-order valence-electron chi connectivity index (χ3n) is 4.23. The van der Waals surface area contributed by atoms with Crippen LogP contribution in [0, 0.1) is 22.0 Å². The molecule has 0 unspecified atom stereocenters. The van der Waals surface area contributed by atoms with Crippen molar-refractivity contribution in [2.75, 3.05) is 32.3 Å². The minimum Gasteiger partial charge on any atom is -0.277 e. The second-order valence-corrected chi connectivity index (χ2v) is 8.29. The predicted octanol–water partition coefficient (Wildman–Crippen LogP) is 2.26. The summed E-state index contributed by atoms with van der Waals surface area (Å²) >= 11 is 0. The highest BCUT2D eigenvalue weighted by atomic mass is 32.2. The number of nitrogens with zero attached hydrogens (tertiary/aromatic N) is 3. The van der Waals surface area contributed by atoms with Gasteiger partial charge in [-0.15, -0.1) is 0 Å². The first-order valence-corrected chi connectivity index (χ1v) is 9.17. The average Bonchev–Trinajstić information content (AvgIpc) is 2.52. The average molecular weight is 357 g/mol. The summed E-state index contributed by atoms with van der Waals surface area (Å²) in [6.45, 7) is 4.88. The highest BCUT2D eigenvalue weighted by Crippen LogP contribution is 2.33. The molecule has 1 aliphatic rings. The zero-order chi connectivity index (χ0) is 18.1. The Labute approximate surface area is 142 Å². The lowest BCUT2D eigenvalue weighted by Gasteiger charge is -2.34. The van der Waals surface area contributed by atoms with E-state index in [1.54, 1.807) is 0 Å². The molecule has 0 spiro atoms. The lowest BCUT2D eigenvalue weighted by molar-refractivity contribution is -0.384. The Balaban J connectivity index is 2.44. The largest absolute Gasteiger partial charge is 0.296 e. The van der Waals surface area contributed by atoms with Gasteiger partial charge in [0.05, 0.1) is 16.9 Å². The van der Waals surface area contributed by atoms with Gasteiger partial charge in [-0.3, -0.25) is 20.0 Å². The molecule has 2 rings (SSSR count). The van der Waals surface area contributed by atoms with Crippen molar-refractivity contribution in [1.29, 1.82) is 0 Å². The van der Waals surface area contributed by atoms with Crippen molar-refractivity contribution >= 4 is 21.4 Å². The maximum absolute atomic E-state index is 12.9. The molecular formula is C15H23N3O5S. The number of benzene rings is 1. The summed E-state index contributed by atoms with van der Waals surface area (Å²) in [5.41, 5.74) is -0.111. The maximum atomic E-state index is 12.9. The fourth-order valence-electron chi connectivity index (χ4n) is 3.13. The van der Waals surface area contributed by atoms with Gasteiger partial charge in [-0.05, 0) is 30.4 Å². The highest BCUT2D eigenvalue weighted by Gasteiger charge is 2.33. The van der Waals surface area contributed by atoms with Gasteiger partial charge in [0.15, 0.2) is 0 Å². The zero-order valence-corrected chi connectivity index (χ0v) is 15.1. The van der Waals surface area contributed by atoms with Crippen LogP contribution in [0.3, 0.4) is 0 Å². The van der Waals surface area contributed by atoms with E-state index in [1.807, 2.05) is 13.8 Å². The molecule has 134 valence electrons. The molecule has 24 heavy (non-hydrogen) atoms. The number of hydrogen-bond donors (Lipinski definition) is 0. The molecule has 1 aliphatic heterocycles. The Bertz CT molecular complexity index is 712. The first-order valence-electron chi connectivity index (χ1n) is 7.73. The summed E-state index contributed by atoms with van der Waals surface area (Å²) in [4.78, 5) is 15.6. The van der Waals surface area contributed by atoms with Crippen molar-refractivity contribution in [3.63, 3.8) is 0 Å². The van der Waals surface area contributed by atoms with Crippen molar-refractivity contribution in [2.24, 2.45) is 11.8 Å². The lowest BCUT2D eigenvalue weighted by atomic mass is 9.94. The van der Waals surface area contributed by atoms with Crippen molar-refractivity contribution in [3.05, 3.63) is 28.3 Å². The van der Waals surface area contributed by atoms with Crippen LogP contribution in [0.5, 0.6) is 0 Å². The number of hydrogen-bond acceptors (Lipinski definition) is 6. The fourth-order valence-corrected chi connectivity index (χ4v) is 4.83. The summed E-state index contributed by atoms with van der Waals surface area (Å²) in [5.74, 6) is 0.523. The molecule has 0 bridgehead atoms. The van der Waals surface area contributed by atoms with Gasteiger partial charge in [0, 0.05) is 26.2 Å². The van der Waals surface area contributed by atoms with Crippen LogP contribution in [0.15, 0.2) is 23.1 Å². The van der Waals surface area contributed by atoms with Crippen LogP contribution in [0.2, 0.25) is 0 Å². The Morgan fingerprint density at radius 3 is 2.38 bits per heavy atom. The highest BCUT2D eigenvalue weighted by molar-refractivity contribution is 7.89. The van der Waals surface area contributed by atoms with Crippen molar-refractivity contribution < 1.29 is 18.2 Å². The van der Waals surface area contributed by atoms with E-state index in [4.69, 9.17) is 4.84 Å². The van der Waals surface area contributed by atoms with E-state index in [2.05, 4.69) is 0 Å². The van der Waals surface area contributed by atoms with Gasteiger partial charge in [-0.25, -0.2) is 8.42 Å².